The summed E-state index contributed by atoms with van der Waals surface area (Å²) in [6.07, 6.45) is 4.85. The molecule has 0 saturated heterocycles. The largest absolute Gasteiger partial charge is 0.487 e. The van der Waals surface area contributed by atoms with Crippen LogP contribution in [0.4, 0.5) is 20.2 Å². The summed E-state index contributed by atoms with van der Waals surface area (Å²) in [4.78, 5) is 12.9. The van der Waals surface area contributed by atoms with Gasteiger partial charge < -0.3 is 14.8 Å². The van der Waals surface area contributed by atoms with Gasteiger partial charge in [0.25, 0.3) is 0 Å². The van der Waals surface area contributed by atoms with Gasteiger partial charge in [-0.15, -0.1) is 0 Å². The van der Waals surface area contributed by atoms with Crippen molar-refractivity contribution in [1.29, 1.82) is 0 Å². The lowest BCUT2D eigenvalue weighted by Gasteiger charge is -2.15. The number of hydrogen-bond acceptors (Lipinski definition) is 6. The Morgan fingerprint density at radius 2 is 1.94 bits per heavy atom. The number of alkyl halides is 1. The number of pyridine rings is 3. The Labute approximate surface area is 177 Å². The summed E-state index contributed by atoms with van der Waals surface area (Å²) in [5, 5.41) is 4.06. The summed E-state index contributed by atoms with van der Waals surface area (Å²) in [6.45, 7) is 0.107. The van der Waals surface area contributed by atoms with Gasteiger partial charge in [0.05, 0.1) is 29.9 Å². The van der Waals surface area contributed by atoms with Crippen LogP contribution in [-0.2, 0) is 11.4 Å². The third-order valence-electron chi connectivity index (χ3n) is 4.64. The maximum Gasteiger partial charge on any atom is 0.161 e. The van der Waals surface area contributed by atoms with Gasteiger partial charge in [-0.1, -0.05) is 6.07 Å². The van der Waals surface area contributed by atoms with E-state index in [2.05, 4.69) is 20.3 Å². The Morgan fingerprint density at radius 1 is 1.03 bits per heavy atom. The molecular weight excluding hydrogens is 402 g/mol. The highest BCUT2D eigenvalue weighted by Crippen LogP contribution is 2.33. The van der Waals surface area contributed by atoms with Crippen LogP contribution in [-0.4, -0.2) is 35.3 Å². The van der Waals surface area contributed by atoms with Gasteiger partial charge in [0.2, 0.25) is 0 Å². The van der Waals surface area contributed by atoms with E-state index in [0.29, 0.717) is 47.2 Å². The number of fused-ring (bicyclic) bond motifs is 1. The van der Waals surface area contributed by atoms with E-state index in [9.17, 15) is 8.78 Å². The molecule has 0 aliphatic heterocycles. The summed E-state index contributed by atoms with van der Waals surface area (Å²) in [5.41, 5.74) is 2.68. The third kappa shape index (κ3) is 4.59. The van der Waals surface area contributed by atoms with Gasteiger partial charge in [0, 0.05) is 30.5 Å². The zero-order chi connectivity index (χ0) is 21.6. The van der Waals surface area contributed by atoms with E-state index in [1.165, 1.54) is 18.2 Å². The van der Waals surface area contributed by atoms with Crippen molar-refractivity contribution < 1.29 is 18.3 Å². The van der Waals surface area contributed by atoms with E-state index < -0.39 is 12.5 Å². The molecule has 1 N–H and O–H groups in total. The average Bonchev–Trinajstić information content (AvgIpc) is 2.80. The molecule has 8 heteroatoms. The normalized spacial score (nSPS) is 10.9. The molecule has 0 bridgehead atoms. The van der Waals surface area contributed by atoms with E-state index in [-0.39, 0.29) is 5.56 Å². The lowest BCUT2D eigenvalue weighted by Crippen LogP contribution is -2.06. The molecule has 0 spiro atoms. The number of methoxy groups -OCH3 is 1. The highest BCUT2D eigenvalue weighted by Gasteiger charge is 2.14. The van der Waals surface area contributed by atoms with E-state index in [1.54, 1.807) is 43.9 Å². The topological polar surface area (TPSA) is 69.2 Å². The number of ether oxygens (including phenoxy) is 2. The van der Waals surface area contributed by atoms with Crippen LogP contribution in [0.25, 0.3) is 22.3 Å². The first-order valence-corrected chi connectivity index (χ1v) is 9.63. The second-order valence-corrected chi connectivity index (χ2v) is 6.72. The molecular formula is C23H20F2N4O2. The van der Waals surface area contributed by atoms with Crippen molar-refractivity contribution >= 4 is 22.4 Å². The molecule has 0 fully saturated rings. The molecule has 1 aromatic carbocycles. The third-order valence-corrected chi connectivity index (χ3v) is 4.64. The van der Waals surface area contributed by atoms with Crippen molar-refractivity contribution in [1.82, 2.24) is 15.0 Å². The lowest BCUT2D eigenvalue weighted by molar-refractivity contribution is 0.146. The average molecular weight is 422 g/mol. The van der Waals surface area contributed by atoms with Gasteiger partial charge in [-0.25, -0.2) is 18.7 Å². The molecule has 0 atom stereocenters. The minimum atomic E-state index is -0.691. The molecule has 0 unspecified atom stereocenters. The number of halogens is 2. The van der Waals surface area contributed by atoms with Gasteiger partial charge in [-0.05, 0) is 42.0 Å². The zero-order valence-electron chi connectivity index (χ0n) is 16.8. The van der Waals surface area contributed by atoms with E-state index in [4.69, 9.17) is 9.47 Å². The van der Waals surface area contributed by atoms with Gasteiger partial charge in [-0.2, -0.15) is 0 Å². The fraction of sp³-hybridized carbons (Fsp3) is 0.174. The molecule has 31 heavy (non-hydrogen) atoms. The Kier molecular flexibility index (Phi) is 6.28. The van der Waals surface area contributed by atoms with Crippen LogP contribution in [0.1, 0.15) is 5.56 Å². The second-order valence-electron chi connectivity index (χ2n) is 6.72. The van der Waals surface area contributed by atoms with Crippen LogP contribution in [0.2, 0.25) is 0 Å². The smallest absolute Gasteiger partial charge is 0.161 e. The molecule has 0 aliphatic carbocycles. The minimum Gasteiger partial charge on any atom is -0.487 e. The molecule has 3 heterocycles. The van der Waals surface area contributed by atoms with E-state index in [0.717, 1.165) is 5.39 Å². The summed E-state index contributed by atoms with van der Waals surface area (Å²) < 4.78 is 38.5. The van der Waals surface area contributed by atoms with Gasteiger partial charge in [0.15, 0.2) is 11.4 Å². The first kappa shape index (κ1) is 20.6. The van der Waals surface area contributed by atoms with Crippen molar-refractivity contribution in [2.45, 2.75) is 6.67 Å². The Hall–Kier alpha value is -3.65. The van der Waals surface area contributed by atoms with Gasteiger partial charge >= 0.3 is 0 Å². The summed E-state index contributed by atoms with van der Waals surface area (Å²) in [5.74, 6) is 0.0546. The molecule has 158 valence electrons. The highest BCUT2D eigenvalue weighted by molar-refractivity contribution is 5.94. The standard InChI is InChI=1S/C23H20F2N4O2/c1-30-9-10-31-22-14-26-8-6-19(22)28-20-12-21(29-23-16(20)3-2-7-27-23)17-11-15(13-24)4-5-18(17)25/h2-8,11-12,14H,9-10,13H2,1H3,(H,26,27,28,29). The molecule has 0 saturated carbocycles. The first-order chi connectivity index (χ1) is 15.2. The Bertz CT molecular complexity index is 1200. The summed E-state index contributed by atoms with van der Waals surface area (Å²) in [7, 11) is 1.60. The fourth-order valence-corrected chi connectivity index (χ4v) is 3.13. The molecule has 0 amide bonds. The number of hydrogen-bond donors (Lipinski definition) is 1. The molecule has 6 nitrogen and oxygen atoms in total. The number of nitrogens with zero attached hydrogens (tertiary/aromatic N) is 3. The summed E-state index contributed by atoms with van der Waals surface area (Å²) >= 11 is 0. The van der Waals surface area contributed by atoms with Crippen molar-refractivity contribution in [3.05, 3.63) is 72.4 Å². The van der Waals surface area contributed by atoms with Crippen molar-refractivity contribution in [2.75, 3.05) is 25.6 Å². The molecule has 4 aromatic rings. The van der Waals surface area contributed by atoms with E-state index in [1.807, 2.05) is 6.07 Å². The minimum absolute atomic E-state index is 0.206. The van der Waals surface area contributed by atoms with Crippen LogP contribution in [0, 0.1) is 5.82 Å². The lowest BCUT2D eigenvalue weighted by atomic mass is 10.1. The van der Waals surface area contributed by atoms with Crippen molar-refractivity contribution in [3.63, 3.8) is 0 Å². The fourth-order valence-electron chi connectivity index (χ4n) is 3.13. The maximum atomic E-state index is 14.5. The number of nitrogens with one attached hydrogen (secondary N) is 1. The highest BCUT2D eigenvalue weighted by atomic mass is 19.1. The van der Waals surface area contributed by atoms with Crippen molar-refractivity contribution in [3.8, 4) is 17.0 Å². The van der Waals surface area contributed by atoms with Gasteiger partial charge in [-0.3, -0.25) is 4.98 Å². The van der Waals surface area contributed by atoms with Crippen LogP contribution in [0.5, 0.6) is 5.75 Å². The number of benzene rings is 1. The Balaban J connectivity index is 1.79. The van der Waals surface area contributed by atoms with Gasteiger partial charge in [0.1, 0.15) is 19.1 Å². The predicted molar refractivity (Wildman–Crippen MR) is 115 cm³/mol. The predicted octanol–water partition coefficient (Wildman–Crippen LogP) is 5.07. The molecule has 0 aliphatic rings. The molecule has 0 radical (unpaired) electrons. The second kappa shape index (κ2) is 9.44. The van der Waals surface area contributed by atoms with Crippen molar-refractivity contribution in [2.24, 2.45) is 0 Å². The Morgan fingerprint density at radius 3 is 2.77 bits per heavy atom. The monoisotopic (exact) mass is 422 g/mol. The van der Waals surface area contributed by atoms with Crippen LogP contribution in [0.15, 0.2) is 61.1 Å². The summed E-state index contributed by atoms with van der Waals surface area (Å²) in [6, 6.07) is 11.3. The van der Waals surface area contributed by atoms with Crippen LogP contribution in [0.3, 0.4) is 0 Å². The number of anilines is 2. The zero-order valence-corrected chi connectivity index (χ0v) is 16.8. The van der Waals surface area contributed by atoms with E-state index >= 15 is 0 Å². The maximum absolute atomic E-state index is 14.5. The number of aromatic nitrogens is 3. The first-order valence-electron chi connectivity index (χ1n) is 9.63. The van der Waals surface area contributed by atoms with Crippen LogP contribution < -0.4 is 10.1 Å². The molecule has 3 aromatic heterocycles. The quantitative estimate of drug-likeness (QED) is 0.400. The SMILES string of the molecule is COCCOc1cnccc1Nc1cc(-c2cc(CF)ccc2F)nc2ncccc12. The van der Waals surface area contributed by atoms with Crippen LogP contribution >= 0.6 is 0 Å². The number of rotatable bonds is 8. The molecule has 4 rings (SSSR count).